The van der Waals surface area contributed by atoms with Crippen molar-refractivity contribution in [3.63, 3.8) is 0 Å². The normalized spacial score (nSPS) is 18.4. The fraction of sp³-hybridized carbons (Fsp3) is 0.308. The minimum atomic E-state index is -0.759. The lowest BCUT2D eigenvalue weighted by atomic mass is 10.1. The molecule has 2 aliphatic rings. The van der Waals surface area contributed by atoms with Gasteiger partial charge in [0, 0.05) is 13.1 Å². The zero-order chi connectivity index (χ0) is 14.3. The van der Waals surface area contributed by atoms with Crippen LogP contribution in [0, 0.1) is 5.82 Å². The number of Topliss-reactive ketones (excluding diaryl/α,β-unsaturated/α-hetero) is 1. The minimum Gasteiger partial charge on any atom is -0.360 e. The molecule has 3 rings (SSSR count). The summed E-state index contributed by atoms with van der Waals surface area (Å²) in [5, 5.41) is 5.10. The fourth-order valence-electron chi connectivity index (χ4n) is 2.41. The maximum Gasteiger partial charge on any atom is 0.296 e. The SMILES string of the molecule is O=C1CN(c2cc3c(cc2F)C(=O)C(=O)N3)CCCN1. The van der Waals surface area contributed by atoms with Gasteiger partial charge in [0.25, 0.3) is 11.7 Å². The predicted octanol–water partition coefficient (Wildman–Crippen LogP) is 0.287. The Kier molecular flexibility index (Phi) is 2.89. The summed E-state index contributed by atoms with van der Waals surface area (Å²) in [5.74, 6) is -2.28. The van der Waals surface area contributed by atoms with Crippen LogP contribution in [0.2, 0.25) is 0 Å². The summed E-state index contributed by atoms with van der Waals surface area (Å²) in [5.41, 5.74) is 0.548. The number of benzene rings is 1. The highest BCUT2D eigenvalue weighted by Gasteiger charge is 2.30. The molecule has 2 aliphatic heterocycles. The Hall–Kier alpha value is -2.44. The van der Waals surface area contributed by atoms with Crippen molar-refractivity contribution < 1.29 is 18.8 Å². The molecule has 0 saturated carbocycles. The quantitative estimate of drug-likeness (QED) is 0.723. The first-order valence-corrected chi connectivity index (χ1v) is 6.27. The summed E-state index contributed by atoms with van der Waals surface area (Å²) < 4.78 is 14.1. The molecule has 7 heteroatoms. The van der Waals surface area contributed by atoms with Gasteiger partial charge in [0.2, 0.25) is 5.91 Å². The first-order chi connectivity index (χ1) is 9.56. The highest BCUT2D eigenvalue weighted by molar-refractivity contribution is 6.51. The van der Waals surface area contributed by atoms with Crippen molar-refractivity contribution in [3.05, 3.63) is 23.5 Å². The second kappa shape index (κ2) is 4.59. The van der Waals surface area contributed by atoms with Crippen molar-refractivity contribution in [3.8, 4) is 0 Å². The molecule has 1 aromatic carbocycles. The van der Waals surface area contributed by atoms with Crippen LogP contribution < -0.4 is 15.5 Å². The van der Waals surface area contributed by atoms with Crippen LogP contribution in [0.4, 0.5) is 15.8 Å². The molecule has 0 bridgehead atoms. The van der Waals surface area contributed by atoms with E-state index < -0.39 is 17.5 Å². The smallest absolute Gasteiger partial charge is 0.296 e. The lowest BCUT2D eigenvalue weighted by molar-refractivity contribution is -0.119. The number of carbonyl (C=O) groups is 3. The summed E-state index contributed by atoms with van der Waals surface area (Å²) in [7, 11) is 0. The molecule has 0 spiro atoms. The molecule has 0 radical (unpaired) electrons. The van der Waals surface area contributed by atoms with E-state index in [-0.39, 0.29) is 23.7 Å². The molecule has 2 N–H and O–H groups in total. The van der Waals surface area contributed by atoms with Gasteiger partial charge in [-0.1, -0.05) is 0 Å². The molecule has 6 nitrogen and oxygen atoms in total. The minimum absolute atomic E-state index is 0.0375. The van der Waals surface area contributed by atoms with E-state index in [9.17, 15) is 18.8 Å². The summed E-state index contributed by atoms with van der Waals surface area (Å²) in [4.78, 5) is 35.9. The van der Waals surface area contributed by atoms with E-state index >= 15 is 0 Å². The van der Waals surface area contributed by atoms with Gasteiger partial charge in [-0.05, 0) is 18.6 Å². The molecule has 1 aromatic rings. The molecule has 1 fully saturated rings. The van der Waals surface area contributed by atoms with Crippen LogP contribution in [0.15, 0.2) is 12.1 Å². The molecular formula is C13H12FN3O3. The van der Waals surface area contributed by atoms with Crippen LogP contribution in [-0.4, -0.2) is 37.2 Å². The third kappa shape index (κ3) is 2.01. The van der Waals surface area contributed by atoms with E-state index in [0.717, 1.165) is 6.07 Å². The number of hydrogen-bond acceptors (Lipinski definition) is 4. The van der Waals surface area contributed by atoms with Crippen molar-refractivity contribution in [2.75, 3.05) is 29.9 Å². The molecular weight excluding hydrogens is 265 g/mol. The summed E-state index contributed by atoms with van der Waals surface area (Å²) in [6.45, 7) is 1.13. The topological polar surface area (TPSA) is 78.5 Å². The van der Waals surface area contributed by atoms with Crippen molar-refractivity contribution in [2.24, 2.45) is 0 Å². The van der Waals surface area contributed by atoms with E-state index in [1.165, 1.54) is 6.07 Å². The molecule has 0 atom stereocenters. The van der Waals surface area contributed by atoms with Crippen LogP contribution >= 0.6 is 0 Å². The molecule has 2 heterocycles. The Morgan fingerprint density at radius 3 is 2.80 bits per heavy atom. The largest absolute Gasteiger partial charge is 0.360 e. The number of nitrogens with zero attached hydrogens (tertiary/aromatic N) is 1. The zero-order valence-corrected chi connectivity index (χ0v) is 10.5. The van der Waals surface area contributed by atoms with Crippen molar-refractivity contribution in [1.29, 1.82) is 0 Å². The number of fused-ring (bicyclic) bond motifs is 1. The number of amides is 2. The number of nitrogens with one attached hydrogen (secondary N) is 2. The lowest BCUT2D eigenvalue weighted by Gasteiger charge is -2.22. The van der Waals surface area contributed by atoms with Crippen LogP contribution in [0.3, 0.4) is 0 Å². The molecule has 2 amide bonds. The van der Waals surface area contributed by atoms with Gasteiger partial charge in [-0.3, -0.25) is 14.4 Å². The standard InChI is InChI=1S/C13H12FN3O3/c14-8-4-7-9(16-13(20)12(7)19)5-10(8)17-3-1-2-15-11(18)6-17/h4-5H,1-3,6H2,(H,15,18)(H,16,19,20). The Balaban J connectivity index is 1.99. The van der Waals surface area contributed by atoms with Gasteiger partial charge in [0.05, 0.1) is 23.5 Å². The number of anilines is 2. The van der Waals surface area contributed by atoms with E-state index in [1.54, 1.807) is 4.90 Å². The van der Waals surface area contributed by atoms with E-state index in [1.807, 2.05) is 0 Å². The van der Waals surface area contributed by atoms with Crippen LogP contribution in [0.25, 0.3) is 0 Å². The zero-order valence-electron chi connectivity index (χ0n) is 10.5. The number of rotatable bonds is 1. The van der Waals surface area contributed by atoms with Gasteiger partial charge in [-0.2, -0.15) is 0 Å². The second-order valence-electron chi connectivity index (χ2n) is 4.76. The number of halogens is 1. The third-order valence-corrected chi connectivity index (χ3v) is 3.39. The molecule has 20 heavy (non-hydrogen) atoms. The molecule has 0 aliphatic carbocycles. The van der Waals surface area contributed by atoms with Gasteiger partial charge < -0.3 is 15.5 Å². The number of carbonyl (C=O) groups excluding carboxylic acids is 3. The first-order valence-electron chi connectivity index (χ1n) is 6.27. The van der Waals surface area contributed by atoms with E-state index in [2.05, 4.69) is 10.6 Å². The van der Waals surface area contributed by atoms with Gasteiger partial charge in [0.15, 0.2) is 0 Å². The van der Waals surface area contributed by atoms with E-state index in [4.69, 9.17) is 0 Å². The van der Waals surface area contributed by atoms with Crippen molar-refractivity contribution in [2.45, 2.75) is 6.42 Å². The maximum atomic E-state index is 14.1. The fourth-order valence-corrected chi connectivity index (χ4v) is 2.41. The maximum absolute atomic E-state index is 14.1. The Bertz CT molecular complexity index is 630. The Morgan fingerprint density at radius 1 is 1.20 bits per heavy atom. The molecule has 1 saturated heterocycles. The van der Waals surface area contributed by atoms with Crippen LogP contribution in [0.1, 0.15) is 16.8 Å². The summed E-state index contributed by atoms with van der Waals surface area (Å²) in [6, 6.07) is 2.46. The van der Waals surface area contributed by atoms with E-state index in [0.29, 0.717) is 25.2 Å². The Labute approximate surface area is 113 Å². The number of ketones is 1. The molecule has 0 unspecified atom stereocenters. The number of hydrogen-bond donors (Lipinski definition) is 2. The van der Waals surface area contributed by atoms with Gasteiger partial charge in [-0.25, -0.2) is 4.39 Å². The van der Waals surface area contributed by atoms with Crippen molar-refractivity contribution in [1.82, 2.24) is 5.32 Å². The highest BCUT2D eigenvalue weighted by Crippen LogP contribution is 2.31. The first kappa shape index (κ1) is 12.6. The second-order valence-corrected chi connectivity index (χ2v) is 4.76. The van der Waals surface area contributed by atoms with Gasteiger partial charge in [-0.15, -0.1) is 0 Å². The van der Waals surface area contributed by atoms with Gasteiger partial charge in [0.1, 0.15) is 5.82 Å². The predicted molar refractivity (Wildman–Crippen MR) is 69.2 cm³/mol. The lowest BCUT2D eigenvalue weighted by Crippen LogP contribution is -2.33. The third-order valence-electron chi connectivity index (χ3n) is 3.39. The van der Waals surface area contributed by atoms with Gasteiger partial charge >= 0.3 is 0 Å². The van der Waals surface area contributed by atoms with Crippen LogP contribution in [-0.2, 0) is 9.59 Å². The average molecular weight is 277 g/mol. The summed E-state index contributed by atoms with van der Waals surface area (Å²) >= 11 is 0. The average Bonchev–Trinajstić information content (AvgIpc) is 2.59. The Morgan fingerprint density at radius 2 is 2.00 bits per heavy atom. The monoisotopic (exact) mass is 277 g/mol. The van der Waals surface area contributed by atoms with Crippen molar-refractivity contribution >= 4 is 29.0 Å². The molecule has 0 aromatic heterocycles. The summed E-state index contributed by atoms with van der Waals surface area (Å²) in [6.07, 6.45) is 0.702. The van der Waals surface area contributed by atoms with Crippen LogP contribution in [0.5, 0.6) is 0 Å². The molecule has 104 valence electrons. The highest BCUT2D eigenvalue weighted by atomic mass is 19.1.